The number of rotatable bonds is 3. The van der Waals surface area contributed by atoms with Crippen molar-refractivity contribution >= 4 is 11.7 Å². The number of nitrogens with one attached hydrogen (secondary N) is 1. The second-order valence-electron chi connectivity index (χ2n) is 5.04. The number of aliphatic hydroxyl groups is 1. The van der Waals surface area contributed by atoms with E-state index >= 15 is 0 Å². The van der Waals surface area contributed by atoms with Crippen molar-refractivity contribution in [2.75, 3.05) is 25.0 Å². The molecule has 1 aromatic heterocycles. The molecule has 0 aromatic carbocycles. The lowest BCUT2D eigenvalue weighted by Crippen LogP contribution is -2.41. The van der Waals surface area contributed by atoms with Crippen molar-refractivity contribution in [3.8, 4) is 0 Å². The van der Waals surface area contributed by atoms with E-state index in [-0.39, 0.29) is 17.9 Å². The van der Waals surface area contributed by atoms with Gasteiger partial charge >= 0.3 is 0 Å². The second kappa shape index (κ2) is 6.02. The SMILES string of the molecule is CNC(=O)c1cccnc1N1CCCC(C(C)O)C1. The molecule has 0 radical (unpaired) electrons. The fourth-order valence-electron chi connectivity index (χ4n) is 2.56. The van der Waals surface area contributed by atoms with E-state index < -0.39 is 0 Å². The van der Waals surface area contributed by atoms with Gasteiger partial charge in [-0.05, 0) is 31.9 Å². The molecule has 5 heteroatoms. The van der Waals surface area contributed by atoms with E-state index in [1.807, 2.05) is 6.92 Å². The first-order valence-corrected chi connectivity index (χ1v) is 6.73. The summed E-state index contributed by atoms with van der Waals surface area (Å²) in [7, 11) is 1.62. The van der Waals surface area contributed by atoms with Crippen molar-refractivity contribution in [2.24, 2.45) is 5.92 Å². The molecule has 19 heavy (non-hydrogen) atoms. The number of anilines is 1. The van der Waals surface area contributed by atoms with Crippen LogP contribution in [-0.4, -0.2) is 42.2 Å². The van der Waals surface area contributed by atoms with Crippen LogP contribution in [0.25, 0.3) is 0 Å². The third-order valence-corrected chi connectivity index (χ3v) is 3.70. The van der Waals surface area contributed by atoms with Gasteiger partial charge in [0, 0.05) is 32.3 Å². The molecular formula is C14H21N3O2. The average molecular weight is 263 g/mol. The Balaban J connectivity index is 2.24. The van der Waals surface area contributed by atoms with E-state index in [2.05, 4.69) is 15.2 Å². The molecular weight excluding hydrogens is 242 g/mol. The standard InChI is InChI=1S/C14H21N3O2/c1-10(18)11-5-4-8-17(9-11)13-12(14(19)15-2)6-3-7-16-13/h3,6-7,10-11,18H,4-5,8-9H2,1-2H3,(H,15,19). The lowest BCUT2D eigenvalue weighted by molar-refractivity contribution is 0.0962. The van der Waals surface area contributed by atoms with Crippen LogP contribution in [0, 0.1) is 5.92 Å². The number of hydrogen-bond donors (Lipinski definition) is 2. The monoisotopic (exact) mass is 263 g/mol. The highest BCUT2D eigenvalue weighted by molar-refractivity contribution is 5.98. The van der Waals surface area contributed by atoms with Crippen LogP contribution >= 0.6 is 0 Å². The summed E-state index contributed by atoms with van der Waals surface area (Å²) < 4.78 is 0. The molecule has 1 aromatic rings. The molecule has 2 heterocycles. The Hall–Kier alpha value is -1.62. The largest absolute Gasteiger partial charge is 0.393 e. The average Bonchev–Trinajstić information content (AvgIpc) is 2.46. The van der Waals surface area contributed by atoms with Crippen LogP contribution in [0.5, 0.6) is 0 Å². The Kier molecular flexibility index (Phi) is 4.37. The van der Waals surface area contributed by atoms with Crippen LogP contribution in [0.2, 0.25) is 0 Å². The van der Waals surface area contributed by atoms with Crippen molar-refractivity contribution in [2.45, 2.75) is 25.9 Å². The first kappa shape index (κ1) is 13.8. The molecule has 0 spiro atoms. The van der Waals surface area contributed by atoms with Gasteiger partial charge in [0.2, 0.25) is 0 Å². The molecule has 2 rings (SSSR count). The van der Waals surface area contributed by atoms with E-state index in [1.165, 1.54) is 0 Å². The molecule has 1 aliphatic heterocycles. The highest BCUT2D eigenvalue weighted by Gasteiger charge is 2.26. The molecule has 2 N–H and O–H groups in total. The Morgan fingerprint density at radius 2 is 2.42 bits per heavy atom. The zero-order chi connectivity index (χ0) is 13.8. The zero-order valence-corrected chi connectivity index (χ0v) is 11.5. The quantitative estimate of drug-likeness (QED) is 0.855. The van der Waals surface area contributed by atoms with E-state index in [4.69, 9.17) is 0 Å². The summed E-state index contributed by atoms with van der Waals surface area (Å²) in [6.45, 7) is 3.45. The van der Waals surface area contributed by atoms with Gasteiger partial charge in [-0.15, -0.1) is 0 Å². The maximum Gasteiger partial charge on any atom is 0.254 e. The first-order chi connectivity index (χ1) is 9.13. The molecule has 2 atom stereocenters. The van der Waals surface area contributed by atoms with Crippen molar-refractivity contribution in [3.05, 3.63) is 23.9 Å². The summed E-state index contributed by atoms with van der Waals surface area (Å²) in [6, 6.07) is 3.55. The number of aromatic nitrogens is 1. The third kappa shape index (κ3) is 3.04. The number of amides is 1. The molecule has 0 bridgehead atoms. The maximum absolute atomic E-state index is 11.9. The van der Waals surface area contributed by atoms with Crippen molar-refractivity contribution in [1.29, 1.82) is 0 Å². The van der Waals surface area contributed by atoms with Crippen molar-refractivity contribution in [1.82, 2.24) is 10.3 Å². The van der Waals surface area contributed by atoms with Gasteiger partial charge in [0.05, 0.1) is 11.7 Å². The maximum atomic E-state index is 11.9. The Labute approximate surface area is 113 Å². The fourth-order valence-corrected chi connectivity index (χ4v) is 2.56. The van der Waals surface area contributed by atoms with Gasteiger partial charge in [0.1, 0.15) is 5.82 Å². The fraction of sp³-hybridized carbons (Fsp3) is 0.571. The topological polar surface area (TPSA) is 65.5 Å². The molecule has 0 saturated carbocycles. The predicted octanol–water partition coefficient (Wildman–Crippen LogP) is 1.04. The number of piperidine rings is 1. The van der Waals surface area contributed by atoms with Gasteiger partial charge in [-0.2, -0.15) is 0 Å². The van der Waals surface area contributed by atoms with Crippen LogP contribution in [-0.2, 0) is 0 Å². The number of aliphatic hydroxyl groups excluding tert-OH is 1. The molecule has 2 unspecified atom stereocenters. The van der Waals surface area contributed by atoms with Gasteiger partial charge < -0.3 is 15.3 Å². The summed E-state index contributed by atoms with van der Waals surface area (Å²) in [5.74, 6) is 0.836. The van der Waals surface area contributed by atoms with E-state index in [1.54, 1.807) is 25.4 Å². The highest BCUT2D eigenvalue weighted by Crippen LogP contribution is 2.26. The molecule has 1 amide bonds. The Morgan fingerprint density at radius 1 is 1.63 bits per heavy atom. The minimum absolute atomic E-state index is 0.123. The molecule has 104 valence electrons. The van der Waals surface area contributed by atoms with Crippen LogP contribution in [0.15, 0.2) is 18.3 Å². The minimum Gasteiger partial charge on any atom is -0.393 e. The molecule has 5 nitrogen and oxygen atoms in total. The number of hydrogen-bond acceptors (Lipinski definition) is 4. The summed E-state index contributed by atoms with van der Waals surface area (Å²) in [4.78, 5) is 18.3. The Bertz CT molecular complexity index is 448. The molecule has 1 fully saturated rings. The van der Waals surface area contributed by atoms with Crippen LogP contribution < -0.4 is 10.2 Å². The molecule has 1 aliphatic rings. The second-order valence-corrected chi connectivity index (χ2v) is 5.04. The minimum atomic E-state index is -0.324. The number of carbonyl (C=O) groups excluding carboxylic acids is 1. The van der Waals surface area contributed by atoms with Gasteiger partial charge in [-0.3, -0.25) is 4.79 Å². The normalized spacial score (nSPS) is 21.0. The number of carbonyl (C=O) groups is 1. The number of nitrogens with zero attached hydrogens (tertiary/aromatic N) is 2. The zero-order valence-electron chi connectivity index (χ0n) is 11.5. The van der Waals surface area contributed by atoms with Crippen molar-refractivity contribution < 1.29 is 9.90 Å². The summed E-state index contributed by atoms with van der Waals surface area (Å²) in [5, 5.41) is 12.4. The molecule has 1 saturated heterocycles. The third-order valence-electron chi connectivity index (χ3n) is 3.70. The number of pyridine rings is 1. The highest BCUT2D eigenvalue weighted by atomic mass is 16.3. The van der Waals surface area contributed by atoms with Crippen LogP contribution in [0.4, 0.5) is 5.82 Å². The first-order valence-electron chi connectivity index (χ1n) is 6.73. The summed E-state index contributed by atoms with van der Waals surface area (Å²) in [5.41, 5.74) is 0.594. The van der Waals surface area contributed by atoms with Gasteiger partial charge in [-0.1, -0.05) is 0 Å². The van der Waals surface area contributed by atoms with E-state index in [0.29, 0.717) is 11.4 Å². The van der Waals surface area contributed by atoms with Gasteiger partial charge in [-0.25, -0.2) is 4.98 Å². The van der Waals surface area contributed by atoms with Crippen LogP contribution in [0.1, 0.15) is 30.1 Å². The van der Waals surface area contributed by atoms with Crippen LogP contribution in [0.3, 0.4) is 0 Å². The van der Waals surface area contributed by atoms with E-state index in [0.717, 1.165) is 25.9 Å². The lowest BCUT2D eigenvalue weighted by Gasteiger charge is -2.35. The van der Waals surface area contributed by atoms with Gasteiger partial charge in [0.15, 0.2) is 0 Å². The Morgan fingerprint density at radius 3 is 3.11 bits per heavy atom. The van der Waals surface area contributed by atoms with E-state index in [9.17, 15) is 9.90 Å². The van der Waals surface area contributed by atoms with Gasteiger partial charge in [0.25, 0.3) is 5.91 Å². The predicted molar refractivity (Wildman–Crippen MR) is 74.2 cm³/mol. The summed E-state index contributed by atoms with van der Waals surface area (Å²) >= 11 is 0. The van der Waals surface area contributed by atoms with Crippen molar-refractivity contribution in [3.63, 3.8) is 0 Å². The lowest BCUT2D eigenvalue weighted by atomic mass is 9.93. The smallest absolute Gasteiger partial charge is 0.254 e. The molecule has 0 aliphatic carbocycles. The summed E-state index contributed by atoms with van der Waals surface area (Å²) in [6.07, 6.45) is 3.42.